The number of nitrogens with zero attached hydrogens (tertiary/aromatic N) is 2. The van der Waals surface area contributed by atoms with Gasteiger partial charge >= 0.3 is 0 Å². The molecule has 1 N–H and O–H groups in total. The first-order valence-electron chi connectivity index (χ1n) is 9.41. The van der Waals surface area contributed by atoms with Crippen LogP contribution in [0.3, 0.4) is 0 Å². The second kappa shape index (κ2) is 9.36. The first-order chi connectivity index (χ1) is 12.9. The second-order valence-electron chi connectivity index (χ2n) is 7.16. The summed E-state index contributed by atoms with van der Waals surface area (Å²) in [6.45, 7) is 3.80. The number of carbonyl (C=O) groups excluding carboxylic acids is 1. The zero-order valence-corrected chi connectivity index (χ0v) is 17.2. The molecule has 0 radical (unpaired) electrons. The fourth-order valence-corrected chi connectivity index (χ4v) is 5.36. The first kappa shape index (κ1) is 20.6. The molecule has 3 rings (SSSR count). The summed E-state index contributed by atoms with van der Waals surface area (Å²) in [6, 6.07) is 3.50. The number of rotatable bonds is 6. The van der Waals surface area contributed by atoms with Crippen LogP contribution in [-0.2, 0) is 19.6 Å². The van der Waals surface area contributed by atoms with Gasteiger partial charge in [0.2, 0.25) is 15.9 Å². The van der Waals surface area contributed by atoms with Crippen molar-refractivity contribution in [3.8, 4) is 0 Å². The number of hydrogen-bond donors (Lipinski definition) is 1. The highest BCUT2D eigenvalue weighted by Crippen LogP contribution is 2.24. The number of morpholine rings is 1. The Hall–Kier alpha value is -1.16. The predicted molar refractivity (Wildman–Crippen MR) is 104 cm³/mol. The van der Waals surface area contributed by atoms with Gasteiger partial charge in [-0.1, -0.05) is 18.7 Å². The van der Waals surface area contributed by atoms with Crippen molar-refractivity contribution in [2.45, 2.75) is 48.6 Å². The maximum atomic E-state index is 12.6. The van der Waals surface area contributed by atoms with Crippen LogP contribution < -0.4 is 5.32 Å². The van der Waals surface area contributed by atoms with E-state index < -0.39 is 10.0 Å². The summed E-state index contributed by atoms with van der Waals surface area (Å²) in [5, 5.41) is 3.73. The summed E-state index contributed by atoms with van der Waals surface area (Å²) in [4.78, 5) is 16.5. The van der Waals surface area contributed by atoms with E-state index in [-0.39, 0.29) is 22.6 Å². The Morgan fingerprint density at radius 1 is 1.26 bits per heavy atom. The number of amides is 1. The third kappa shape index (κ3) is 5.66. The van der Waals surface area contributed by atoms with Crippen LogP contribution in [-0.4, -0.2) is 61.7 Å². The van der Waals surface area contributed by atoms with E-state index in [1.165, 1.54) is 35.1 Å². The number of nitrogens with one attached hydrogen (secondary N) is 1. The van der Waals surface area contributed by atoms with Crippen LogP contribution >= 0.6 is 11.8 Å². The first-order valence-corrected chi connectivity index (χ1v) is 11.8. The molecule has 7 nitrogen and oxygen atoms in total. The van der Waals surface area contributed by atoms with Gasteiger partial charge in [0.15, 0.2) is 0 Å². The van der Waals surface area contributed by atoms with Crippen molar-refractivity contribution in [1.82, 2.24) is 14.6 Å². The van der Waals surface area contributed by atoms with Crippen molar-refractivity contribution < 1.29 is 17.9 Å². The third-order valence-electron chi connectivity index (χ3n) is 5.05. The van der Waals surface area contributed by atoms with Crippen LogP contribution in [0.25, 0.3) is 0 Å². The highest BCUT2D eigenvalue weighted by atomic mass is 32.2. The van der Waals surface area contributed by atoms with Crippen molar-refractivity contribution in [2.75, 3.05) is 32.1 Å². The Balaban J connectivity index is 1.49. The number of pyridine rings is 1. The van der Waals surface area contributed by atoms with Gasteiger partial charge in [-0.05, 0) is 43.7 Å². The lowest BCUT2D eigenvalue weighted by molar-refractivity contribution is -0.119. The molecule has 1 aromatic heterocycles. The maximum absolute atomic E-state index is 12.6. The molecule has 2 heterocycles. The summed E-state index contributed by atoms with van der Waals surface area (Å²) in [6.07, 6.45) is 5.79. The second-order valence-corrected chi connectivity index (χ2v) is 10.1. The summed E-state index contributed by atoms with van der Waals surface area (Å²) in [7, 11) is -3.53. The molecule has 0 spiro atoms. The minimum absolute atomic E-state index is 0.00590. The van der Waals surface area contributed by atoms with E-state index in [9.17, 15) is 13.2 Å². The van der Waals surface area contributed by atoms with E-state index in [0.29, 0.717) is 31.3 Å². The van der Waals surface area contributed by atoms with Crippen molar-refractivity contribution >= 4 is 27.7 Å². The molecular formula is C18H27N3O4S2. The predicted octanol–water partition coefficient (Wildman–Crippen LogP) is 1.89. The number of hydrogen-bond acceptors (Lipinski definition) is 6. The molecule has 0 unspecified atom stereocenters. The van der Waals surface area contributed by atoms with E-state index in [0.717, 1.165) is 18.8 Å². The standard InChI is InChI=1S/C18H27N3O4S2/c1-14-2-4-15(5-3-14)20-17(22)13-26-18-7-6-16(12-19-18)27(23,24)21-8-10-25-11-9-21/h6-7,12,14-15H,2-5,8-11,13H2,1H3,(H,20,22). The van der Waals surface area contributed by atoms with Crippen molar-refractivity contribution in [2.24, 2.45) is 5.92 Å². The molecule has 0 aromatic carbocycles. The van der Waals surface area contributed by atoms with Crippen LogP contribution in [0.5, 0.6) is 0 Å². The summed E-state index contributed by atoms with van der Waals surface area (Å²) >= 11 is 1.32. The fraction of sp³-hybridized carbons (Fsp3) is 0.667. The zero-order chi connectivity index (χ0) is 19.3. The van der Waals surface area contributed by atoms with Crippen LogP contribution in [0.15, 0.2) is 28.3 Å². The molecule has 2 aliphatic rings. The van der Waals surface area contributed by atoms with Gasteiger partial charge in [0.1, 0.15) is 4.90 Å². The Bertz CT molecular complexity index is 725. The van der Waals surface area contributed by atoms with Crippen LogP contribution in [0.1, 0.15) is 32.6 Å². The van der Waals surface area contributed by atoms with Crippen molar-refractivity contribution in [3.63, 3.8) is 0 Å². The molecule has 27 heavy (non-hydrogen) atoms. The van der Waals surface area contributed by atoms with Gasteiger partial charge in [0.25, 0.3) is 0 Å². The van der Waals surface area contributed by atoms with E-state index in [4.69, 9.17) is 4.74 Å². The molecule has 0 bridgehead atoms. The highest BCUT2D eigenvalue weighted by Gasteiger charge is 2.26. The molecule has 2 fully saturated rings. The summed E-state index contributed by atoms with van der Waals surface area (Å²) in [5.74, 6) is 1.05. The number of aromatic nitrogens is 1. The molecule has 1 saturated heterocycles. The highest BCUT2D eigenvalue weighted by molar-refractivity contribution is 7.99. The van der Waals surface area contributed by atoms with E-state index in [1.807, 2.05) is 0 Å². The SMILES string of the molecule is CC1CCC(NC(=O)CSc2ccc(S(=O)(=O)N3CCOCC3)cn2)CC1. The average molecular weight is 414 g/mol. The molecular weight excluding hydrogens is 386 g/mol. The topological polar surface area (TPSA) is 88.6 Å². The lowest BCUT2D eigenvalue weighted by Crippen LogP contribution is -2.40. The van der Waals surface area contributed by atoms with Gasteiger partial charge in [0, 0.05) is 25.3 Å². The van der Waals surface area contributed by atoms with Gasteiger partial charge in [-0.25, -0.2) is 13.4 Å². The molecule has 9 heteroatoms. The molecule has 1 aliphatic carbocycles. The lowest BCUT2D eigenvalue weighted by Gasteiger charge is -2.26. The zero-order valence-electron chi connectivity index (χ0n) is 15.6. The third-order valence-corrected chi connectivity index (χ3v) is 7.88. The van der Waals surface area contributed by atoms with Crippen LogP contribution in [0.4, 0.5) is 0 Å². The van der Waals surface area contributed by atoms with Crippen molar-refractivity contribution in [3.05, 3.63) is 18.3 Å². The molecule has 1 aliphatic heterocycles. The number of thioether (sulfide) groups is 1. The Morgan fingerprint density at radius 2 is 1.96 bits per heavy atom. The van der Waals surface area contributed by atoms with Gasteiger partial charge in [-0.15, -0.1) is 0 Å². The van der Waals surface area contributed by atoms with E-state index in [1.54, 1.807) is 12.1 Å². The summed E-state index contributed by atoms with van der Waals surface area (Å²) in [5.41, 5.74) is 0. The minimum Gasteiger partial charge on any atom is -0.379 e. The number of ether oxygens (including phenoxy) is 1. The average Bonchev–Trinajstić information content (AvgIpc) is 2.69. The minimum atomic E-state index is -3.53. The normalized spacial score (nSPS) is 24.5. The molecule has 1 amide bonds. The number of carbonyl (C=O) groups is 1. The van der Waals surface area contributed by atoms with E-state index in [2.05, 4.69) is 17.2 Å². The summed E-state index contributed by atoms with van der Waals surface area (Å²) < 4.78 is 31.8. The molecule has 1 saturated carbocycles. The Morgan fingerprint density at radius 3 is 2.59 bits per heavy atom. The maximum Gasteiger partial charge on any atom is 0.244 e. The quantitative estimate of drug-likeness (QED) is 0.717. The van der Waals surface area contributed by atoms with Gasteiger partial charge < -0.3 is 10.1 Å². The van der Waals surface area contributed by atoms with Crippen molar-refractivity contribution in [1.29, 1.82) is 0 Å². The van der Waals surface area contributed by atoms with Gasteiger partial charge in [-0.2, -0.15) is 4.31 Å². The molecule has 0 atom stereocenters. The van der Waals surface area contributed by atoms with Crippen LogP contribution in [0, 0.1) is 5.92 Å². The Kier molecular flexibility index (Phi) is 7.13. The van der Waals surface area contributed by atoms with Gasteiger partial charge in [-0.3, -0.25) is 4.79 Å². The lowest BCUT2D eigenvalue weighted by atomic mass is 9.87. The monoisotopic (exact) mass is 413 g/mol. The van der Waals surface area contributed by atoms with Gasteiger partial charge in [0.05, 0.1) is 24.0 Å². The van der Waals surface area contributed by atoms with Crippen LogP contribution in [0.2, 0.25) is 0 Å². The molecule has 150 valence electrons. The molecule has 1 aromatic rings. The Labute approximate surface area is 165 Å². The van der Waals surface area contributed by atoms with E-state index >= 15 is 0 Å². The number of sulfonamides is 1. The smallest absolute Gasteiger partial charge is 0.244 e. The fourth-order valence-electron chi connectivity index (χ4n) is 3.35. The largest absolute Gasteiger partial charge is 0.379 e.